The molecule has 0 unspecified atom stereocenters. The molecule has 1 aliphatic heterocycles. The number of rotatable bonds is 4. The molecule has 0 saturated carbocycles. The zero-order valence-electron chi connectivity index (χ0n) is 22.1. The molecule has 6 rings (SSSR count). The van der Waals surface area contributed by atoms with Gasteiger partial charge in [0.2, 0.25) is 0 Å². The summed E-state index contributed by atoms with van der Waals surface area (Å²) in [6.07, 6.45) is 4.46. The first kappa shape index (κ1) is 29.2. The standard InChI is InChI=1S/C19H17N4.C13H10NO2.Y/c1-13-5-2-3-7-15(13)18-16-12-21-10-8-17(16)22-19(23-18)14-6-4-9-20-11-14;14-12-3-1-2-11(8-12)9-4-6-10(7-5-9)13(15)16;/h2-7,9,11H,8,10,12H2,1H3;1-8,14H,(H,15,16);/q2*-1;. The summed E-state index contributed by atoms with van der Waals surface area (Å²) >= 11 is 0. The molecule has 0 atom stereocenters. The van der Waals surface area contributed by atoms with E-state index in [0.29, 0.717) is 12.2 Å². The van der Waals surface area contributed by atoms with E-state index in [1.807, 2.05) is 30.5 Å². The summed E-state index contributed by atoms with van der Waals surface area (Å²) < 4.78 is 0. The summed E-state index contributed by atoms with van der Waals surface area (Å²) in [6.45, 7) is 3.66. The Balaban J connectivity index is 0.000000192. The third-order valence-electron chi connectivity index (χ3n) is 6.52. The number of aryl methyl sites for hydroxylation is 1. The van der Waals surface area contributed by atoms with Crippen LogP contribution in [-0.4, -0.2) is 32.6 Å². The van der Waals surface area contributed by atoms with Crippen LogP contribution in [0.5, 0.6) is 0 Å². The molecule has 2 N–H and O–H groups in total. The largest absolute Gasteiger partial charge is 0.699 e. The Morgan fingerprint density at radius 1 is 0.900 bits per heavy atom. The van der Waals surface area contributed by atoms with Gasteiger partial charge in [-0.3, -0.25) is 4.98 Å². The Hall–Kier alpha value is -3.78. The van der Waals surface area contributed by atoms with Gasteiger partial charge in [0, 0.05) is 61.9 Å². The average molecular weight is 603 g/mol. The molecule has 3 heterocycles. The molecule has 8 heteroatoms. The van der Waals surface area contributed by atoms with Gasteiger partial charge in [-0.2, -0.15) is 0 Å². The van der Waals surface area contributed by atoms with Crippen LogP contribution in [0.1, 0.15) is 27.2 Å². The Kier molecular flexibility index (Phi) is 9.88. The van der Waals surface area contributed by atoms with Crippen molar-refractivity contribution in [3.63, 3.8) is 0 Å². The second kappa shape index (κ2) is 13.5. The molecule has 0 amide bonds. The molecule has 3 aromatic carbocycles. The van der Waals surface area contributed by atoms with Crippen LogP contribution in [0, 0.1) is 6.92 Å². The van der Waals surface area contributed by atoms with Gasteiger partial charge in [-0.15, -0.1) is 18.8 Å². The average Bonchev–Trinajstić information content (AvgIpc) is 2.98. The molecule has 0 aliphatic carbocycles. The topological polar surface area (TPSA) is 114 Å². The maximum absolute atomic E-state index is 10.7. The number of benzene rings is 3. The summed E-state index contributed by atoms with van der Waals surface area (Å²) in [5.74, 6) is -0.183. The zero-order valence-corrected chi connectivity index (χ0v) is 24.9. The normalized spacial score (nSPS) is 11.8. The first-order valence-corrected chi connectivity index (χ1v) is 12.6. The van der Waals surface area contributed by atoms with Crippen molar-refractivity contribution in [3.8, 4) is 33.8 Å². The van der Waals surface area contributed by atoms with Crippen LogP contribution in [-0.2, 0) is 45.7 Å². The number of hydrogen-bond acceptors (Lipinski definition) is 4. The SMILES string of the molecule is Cc1ccccc1-c1nc(-c2cccnc2)nc2c1C[N-]CC2.[NH-]c1cccc(-c2ccc(C(=O)O)cc2)c1.[Y]. The summed E-state index contributed by atoms with van der Waals surface area (Å²) in [7, 11) is 0. The molecule has 0 fully saturated rings. The van der Waals surface area contributed by atoms with Gasteiger partial charge in [-0.05, 0) is 59.9 Å². The number of nitrogens with zero attached hydrogens (tertiary/aromatic N) is 4. The van der Waals surface area contributed by atoms with Gasteiger partial charge in [0.15, 0.2) is 5.82 Å². The van der Waals surface area contributed by atoms with E-state index in [2.05, 4.69) is 41.5 Å². The van der Waals surface area contributed by atoms with Crippen LogP contribution in [0.2, 0.25) is 0 Å². The van der Waals surface area contributed by atoms with Crippen LogP contribution in [0.4, 0.5) is 5.69 Å². The van der Waals surface area contributed by atoms with E-state index in [9.17, 15) is 4.79 Å². The summed E-state index contributed by atoms with van der Waals surface area (Å²) in [4.78, 5) is 24.5. The van der Waals surface area contributed by atoms with E-state index in [1.165, 1.54) is 5.56 Å². The molecule has 5 aromatic rings. The Morgan fingerprint density at radius 3 is 2.38 bits per heavy atom. The van der Waals surface area contributed by atoms with Gasteiger partial charge in [0.1, 0.15) is 0 Å². The van der Waals surface area contributed by atoms with E-state index in [4.69, 9.17) is 20.8 Å². The minimum Gasteiger partial charge on any atom is -0.699 e. The first-order valence-electron chi connectivity index (χ1n) is 12.6. The number of nitrogens with one attached hydrogen (secondary N) is 1. The number of pyridine rings is 1. The van der Waals surface area contributed by atoms with Gasteiger partial charge in [0.05, 0.1) is 11.3 Å². The van der Waals surface area contributed by atoms with E-state index in [0.717, 1.165) is 58.0 Å². The van der Waals surface area contributed by atoms with Crippen LogP contribution < -0.4 is 0 Å². The first-order chi connectivity index (χ1) is 19.0. The van der Waals surface area contributed by atoms with Gasteiger partial charge >= 0.3 is 5.97 Å². The third-order valence-corrected chi connectivity index (χ3v) is 6.52. The van der Waals surface area contributed by atoms with Crippen LogP contribution >= 0.6 is 0 Å². The molecule has 197 valence electrons. The second-order valence-electron chi connectivity index (χ2n) is 9.20. The van der Waals surface area contributed by atoms with Crippen LogP contribution in [0.25, 0.3) is 44.8 Å². The fourth-order valence-electron chi connectivity index (χ4n) is 4.47. The molecule has 0 saturated heterocycles. The predicted octanol–water partition coefficient (Wildman–Crippen LogP) is 7.68. The Bertz CT molecular complexity index is 1610. The maximum atomic E-state index is 10.7. The zero-order chi connectivity index (χ0) is 27.2. The van der Waals surface area contributed by atoms with Gasteiger partial charge < -0.3 is 16.2 Å². The summed E-state index contributed by atoms with van der Waals surface area (Å²) in [6, 6.07) is 26.1. The molecule has 0 bridgehead atoms. The van der Waals surface area contributed by atoms with Crippen molar-refractivity contribution in [2.45, 2.75) is 19.9 Å². The molecule has 1 aliphatic rings. The number of hydrogen-bond donors (Lipinski definition) is 1. The molecule has 40 heavy (non-hydrogen) atoms. The van der Waals surface area contributed by atoms with Gasteiger partial charge in [0.25, 0.3) is 0 Å². The van der Waals surface area contributed by atoms with E-state index >= 15 is 0 Å². The Labute approximate surface area is 258 Å². The van der Waals surface area contributed by atoms with E-state index in [-0.39, 0.29) is 38.3 Å². The second-order valence-corrected chi connectivity index (χ2v) is 9.20. The smallest absolute Gasteiger partial charge is 0.335 e. The monoisotopic (exact) mass is 602 g/mol. The predicted molar refractivity (Wildman–Crippen MR) is 154 cm³/mol. The van der Waals surface area contributed by atoms with Crippen molar-refractivity contribution in [1.82, 2.24) is 15.0 Å². The van der Waals surface area contributed by atoms with Crippen molar-refractivity contribution in [2.75, 3.05) is 6.54 Å². The number of aromatic nitrogens is 3. The minimum atomic E-state index is -0.930. The number of carboxylic acid groups (broad SMARTS) is 1. The van der Waals surface area contributed by atoms with Crippen molar-refractivity contribution >= 4 is 11.7 Å². The van der Waals surface area contributed by atoms with Crippen molar-refractivity contribution < 1.29 is 42.6 Å². The molecule has 7 nitrogen and oxygen atoms in total. The number of fused-ring (bicyclic) bond motifs is 1. The fourth-order valence-corrected chi connectivity index (χ4v) is 4.47. The summed E-state index contributed by atoms with van der Waals surface area (Å²) in [5.41, 5.74) is 16.7. The molecular weight excluding hydrogens is 575 g/mol. The van der Waals surface area contributed by atoms with Gasteiger partial charge in [-0.1, -0.05) is 60.7 Å². The van der Waals surface area contributed by atoms with Crippen LogP contribution in [0.15, 0.2) is 97.3 Å². The maximum Gasteiger partial charge on any atom is 0.335 e. The van der Waals surface area contributed by atoms with E-state index < -0.39 is 5.97 Å². The van der Waals surface area contributed by atoms with Crippen molar-refractivity contribution in [1.29, 1.82) is 0 Å². The minimum absolute atomic E-state index is 0. The Morgan fingerprint density at radius 2 is 1.68 bits per heavy atom. The van der Waals surface area contributed by atoms with Crippen LogP contribution in [0.3, 0.4) is 0 Å². The number of aromatic carboxylic acids is 1. The quantitative estimate of drug-likeness (QED) is 0.227. The molecule has 2 aromatic heterocycles. The number of carboxylic acids is 1. The van der Waals surface area contributed by atoms with Crippen molar-refractivity contribution in [2.24, 2.45) is 0 Å². The molecule has 1 radical (unpaired) electrons. The fraction of sp³-hybridized carbons (Fsp3) is 0.125. The number of carbonyl (C=O) groups is 1. The third kappa shape index (κ3) is 6.86. The molecule has 0 spiro atoms. The van der Waals surface area contributed by atoms with Gasteiger partial charge in [-0.25, -0.2) is 14.8 Å². The molecular formula is C32H27N5O2Y-2. The summed E-state index contributed by atoms with van der Waals surface area (Å²) in [5, 5.41) is 13.3. The van der Waals surface area contributed by atoms with Crippen molar-refractivity contribution in [3.05, 3.63) is 131 Å². The van der Waals surface area contributed by atoms with E-state index in [1.54, 1.807) is 42.6 Å².